The highest BCUT2D eigenvalue weighted by Gasteiger charge is 2.21. The van der Waals surface area contributed by atoms with Crippen LogP contribution in [0, 0.1) is 0 Å². The van der Waals surface area contributed by atoms with E-state index in [1.165, 1.54) is 32.7 Å². The van der Waals surface area contributed by atoms with Crippen molar-refractivity contribution >= 4 is 61.5 Å². The summed E-state index contributed by atoms with van der Waals surface area (Å²) in [5, 5.41) is 5.88. The summed E-state index contributed by atoms with van der Waals surface area (Å²) < 4.78 is 6.02. The highest BCUT2D eigenvalue weighted by molar-refractivity contribution is 6.10. The summed E-state index contributed by atoms with van der Waals surface area (Å²) in [6, 6.07) is 45.0. The van der Waals surface area contributed by atoms with Gasteiger partial charge in [0.15, 0.2) is 5.88 Å². The van der Waals surface area contributed by atoms with Crippen molar-refractivity contribution in [1.82, 2.24) is 0 Å². The van der Waals surface area contributed by atoms with E-state index in [-0.39, 0.29) is 0 Å². The lowest BCUT2D eigenvalue weighted by molar-refractivity contribution is 0.636. The summed E-state index contributed by atoms with van der Waals surface area (Å²) >= 11 is 0. The summed E-state index contributed by atoms with van der Waals surface area (Å²) in [5.41, 5.74) is 13.5. The fourth-order valence-corrected chi connectivity index (χ4v) is 5.68. The summed E-state index contributed by atoms with van der Waals surface area (Å²) in [6.07, 6.45) is 4.02. The Kier molecular flexibility index (Phi) is 5.83. The van der Waals surface area contributed by atoms with Crippen LogP contribution in [0.5, 0.6) is 0 Å². The third-order valence-corrected chi connectivity index (χ3v) is 7.55. The van der Waals surface area contributed by atoms with Crippen molar-refractivity contribution in [3.63, 3.8) is 0 Å². The molecule has 0 amide bonds. The fourth-order valence-electron chi connectivity index (χ4n) is 5.68. The van der Waals surface area contributed by atoms with Crippen LogP contribution in [0.2, 0.25) is 0 Å². The zero-order chi connectivity index (χ0) is 27.1. The van der Waals surface area contributed by atoms with Crippen LogP contribution in [-0.2, 0) is 0 Å². The van der Waals surface area contributed by atoms with Gasteiger partial charge in [-0.25, -0.2) is 0 Å². The van der Waals surface area contributed by atoms with Gasteiger partial charge in [-0.05, 0) is 76.0 Å². The number of allylic oxidation sites excluding steroid dienone is 1. The first-order chi connectivity index (χ1) is 19.7. The zero-order valence-corrected chi connectivity index (χ0v) is 22.2. The topological polar surface area (TPSA) is 42.4 Å². The van der Waals surface area contributed by atoms with Gasteiger partial charge in [-0.3, -0.25) is 0 Å². The molecule has 1 heterocycles. The van der Waals surface area contributed by atoms with E-state index < -0.39 is 0 Å². The van der Waals surface area contributed by atoms with E-state index in [9.17, 15) is 0 Å². The van der Waals surface area contributed by atoms with Gasteiger partial charge in [-0.2, -0.15) is 0 Å². The van der Waals surface area contributed by atoms with E-state index in [0.29, 0.717) is 5.88 Å². The molecule has 0 radical (unpaired) electrons. The molecular formula is C37H28N2O. The molecule has 0 saturated heterocycles. The second kappa shape index (κ2) is 9.79. The molecule has 0 unspecified atom stereocenters. The second-order valence-corrected chi connectivity index (χ2v) is 9.97. The van der Waals surface area contributed by atoms with Gasteiger partial charge in [0, 0.05) is 16.9 Å². The van der Waals surface area contributed by atoms with Gasteiger partial charge in [0.25, 0.3) is 0 Å². The molecule has 0 saturated carbocycles. The Balaban J connectivity index is 1.49. The molecule has 7 rings (SSSR count). The van der Waals surface area contributed by atoms with Crippen molar-refractivity contribution in [3.05, 3.63) is 139 Å². The van der Waals surface area contributed by atoms with Gasteiger partial charge in [-0.1, -0.05) is 103 Å². The van der Waals surface area contributed by atoms with E-state index >= 15 is 0 Å². The molecule has 0 aliphatic heterocycles. The molecule has 1 aromatic heterocycles. The Morgan fingerprint density at radius 3 is 2.10 bits per heavy atom. The van der Waals surface area contributed by atoms with Gasteiger partial charge >= 0.3 is 0 Å². The monoisotopic (exact) mass is 516 g/mol. The summed E-state index contributed by atoms with van der Waals surface area (Å²) in [4.78, 5) is 2.31. The smallest absolute Gasteiger partial charge is 0.198 e. The first-order valence-corrected chi connectivity index (χ1v) is 13.5. The molecule has 0 fully saturated rings. The fraction of sp³-hybridized carbons (Fsp3) is 0.0270. The number of anilines is 4. The van der Waals surface area contributed by atoms with E-state index in [2.05, 4.69) is 114 Å². The molecule has 0 spiro atoms. The molecule has 0 aliphatic carbocycles. The van der Waals surface area contributed by atoms with Crippen LogP contribution in [0.15, 0.2) is 138 Å². The number of nitrogen functional groups attached to an aromatic ring is 1. The maximum atomic E-state index is 6.37. The minimum Gasteiger partial charge on any atom is -0.440 e. The highest BCUT2D eigenvalue weighted by Crippen LogP contribution is 2.44. The van der Waals surface area contributed by atoms with Crippen LogP contribution in [0.1, 0.15) is 12.5 Å². The minimum atomic E-state index is 0.421. The Hall–Kier alpha value is -5.28. The van der Waals surface area contributed by atoms with Crippen LogP contribution in [0.25, 0.3) is 49.7 Å². The minimum absolute atomic E-state index is 0.421. The number of nitrogens with zero attached hydrogens (tertiary/aromatic N) is 1. The molecule has 0 aliphatic rings. The number of benzene rings is 6. The maximum absolute atomic E-state index is 6.37. The van der Waals surface area contributed by atoms with Crippen molar-refractivity contribution in [2.75, 3.05) is 10.6 Å². The Labute approximate surface area is 233 Å². The van der Waals surface area contributed by atoms with Crippen LogP contribution < -0.4 is 10.6 Å². The van der Waals surface area contributed by atoms with Crippen molar-refractivity contribution in [2.24, 2.45) is 0 Å². The summed E-state index contributed by atoms with van der Waals surface area (Å²) in [6.45, 7) is 2.00. The third-order valence-electron chi connectivity index (χ3n) is 7.55. The molecule has 0 atom stereocenters. The van der Waals surface area contributed by atoms with Gasteiger partial charge < -0.3 is 15.1 Å². The van der Waals surface area contributed by atoms with E-state index in [4.69, 9.17) is 10.2 Å². The van der Waals surface area contributed by atoms with E-state index in [1.54, 1.807) is 0 Å². The molecule has 7 aromatic rings. The number of rotatable bonds is 5. The van der Waals surface area contributed by atoms with Crippen molar-refractivity contribution in [3.8, 4) is 11.1 Å². The average Bonchev–Trinajstić information content (AvgIpc) is 3.33. The average molecular weight is 517 g/mol. The van der Waals surface area contributed by atoms with Crippen molar-refractivity contribution in [2.45, 2.75) is 6.92 Å². The number of fused-ring (bicyclic) bond motifs is 4. The van der Waals surface area contributed by atoms with Gasteiger partial charge in [-0.15, -0.1) is 0 Å². The quantitative estimate of drug-likeness (QED) is 0.231. The molecule has 2 N–H and O–H groups in total. The highest BCUT2D eigenvalue weighted by atomic mass is 16.3. The predicted octanol–water partition coefficient (Wildman–Crippen LogP) is 10.5. The first-order valence-electron chi connectivity index (χ1n) is 13.5. The van der Waals surface area contributed by atoms with E-state index in [1.807, 2.05) is 37.3 Å². The number of furan rings is 1. The normalized spacial score (nSPS) is 11.6. The standard InChI is InChI=1S/C37H28N2O/c1-2-9-32-36-34(14-8-15-35(36)40-37(32)38)39(29-21-18-26(19-22-29)25-10-4-3-5-11-25)30-23-20-28-17-16-27-12-6-7-13-31(27)33(28)24-30/h2-24H,38H2,1H3/b9-2-. The molecule has 3 heteroatoms. The largest absolute Gasteiger partial charge is 0.440 e. The molecular weight excluding hydrogens is 488 g/mol. The lowest BCUT2D eigenvalue weighted by Gasteiger charge is -2.27. The van der Waals surface area contributed by atoms with Crippen LogP contribution >= 0.6 is 0 Å². The van der Waals surface area contributed by atoms with Crippen LogP contribution in [0.4, 0.5) is 22.9 Å². The van der Waals surface area contributed by atoms with E-state index in [0.717, 1.165) is 33.6 Å². The third kappa shape index (κ3) is 4.00. The Morgan fingerprint density at radius 2 is 1.30 bits per heavy atom. The molecule has 40 heavy (non-hydrogen) atoms. The Bertz CT molecular complexity index is 2020. The SMILES string of the molecule is C/C=C\c1c(N)oc2cccc(N(c3ccc(-c4ccccc4)cc3)c3ccc4ccc5ccccc5c4c3)c12. The molecule has 0 bridgehead atoms. The second-order valence-electron chi connectivity index (χ2n) is 9.97. The molecule has 192 valence electrons. The van der Waals surface area contributed by atoms with Crippen LogP contribution in [0.3, 0.4) is 0 Å². The maximum Gasteiger partial charge on any atom is 0.198 e. The number of hydrogen-bond donors (Lipinski definition) is 1. The van der Waals surface area contributed by atoms with Gasteiger partial charge in [0.2, 0.25) is 0 Å². The number of hydrogen-bond acceptors (Lipinski definition) is 3. The first kappa shape index (κ1) is 23.8. The molecule has 6 aromatic carbocycles. The summed E-state index contributed by atoms with van der Waals surface area (Å²) in [7, 11) is 0. The van der Waals surface area contributed by atoms with Crippen molar-refractivity contribution < 1.29 is 4.42 Å². The lowest BCUT2D eigenvalue weighted by atomic mass is 10.00. The van der Waals surface area contributed by atoms with Crippen LogP contribution in [-0.4, -0.2) is 0 Å². The zero-order valence-electron chi connectivity index (χ0n) is 22.2. The van der Waals surface area contributed by atoms with Gasteiger partial charge in [0.05, 0.1) is 11.1 Å². The predicted molar refractivity (Wildman–Crippen MR) is 170 cm³/mol. The number of nitrogens with two attached hydrogens (primary N) is 1. The Morgan fingerprint density at radius 1 is 0.625 bits per heavy atom. The summed E-state index contributed by atoms with van der Waals surface area (Å²) in [5.74, 6) is 0.421. The van der Waals surface area contributed by atoms with Crippen molar-refractivity contribution in [1.29, 1.82) is 0 Å². The lowest BCUT2D eigenvalue weighted by Crippen LogP contribution is -2.10. The van der Waals surface area contributed by atoms with Gasteiger partial charge in [0.1, 0.15) is 5.58 Å². The molecule has 3 nitrogen and oxygen atoms in total.